The highest BCUT2D eigenvalue weighted by molar-refractivity contribution is 5.98. The number of non-ortho nitro benzene ring substituents is 1. The number of carbonyl (C=O) groups excluding carboxylic acids is 1. The van der Waals surface area contributed by atoms with E-state index in [0.29, 0.717) is 11.4 Å². The number of anilines is 2. The fraction of sp³-hybridized carbons (Fsp3) is 0. The molecule has 0 aliphatic carbocycles. The zero-order valence-electron chi connectivity index (χ0n) is 9.82. The van der Waals surface area contributed by atoms with Crippen molar-refractivity contribution in [2.24, 2.45) is 0 Å². The van der Waals surface area contributed by atoms with Crippen LogP contribution in [0.15, 0.2) is 54.6 Å². The van der Waals surface area contributed by atoms with Gasteiger partial charge in [0.15, 0.2) is 0 Å². The monoisotopic (exact) mass is 256 g/mol. The zero-order chi connectivity index (χ0) is 13.8. The average molecular weight is 256 g/mol. The van der Waals surface area contributed by atoms with Crippen LogP contribution in [0.5, 0.6) is 0 Å². The highest BCUT2D eigenvalue weighted by Crippen LogP contribution is 2.28. The summed E-state index contributed by atoms with van der Waals surface area (Å²) >= 11 is 0. The maximum Gasteiger partial charge on any atom is 0.345 e. The fourth-order valence-electron chi connectivity index (χ4n) is 1.71. The predicted molar refractivity (Wildman–Crippen MR) is 70.2 cm³/mol. The Kier molecular flexibility index (Phi) is 3.42. The molecule has 2 aromatic rings. The summed E-state index contributed by atoms with van der Waals surface area (Å²) in [5.41, 5.74) is 7.96. The molecule has 2 aromatic carbocycles. The molecular formula is C13H10N3O3. The second-order valence-corrected chi connectivity index (χ2v) is 3.75. The number of amides is 2. The van der Waals surface area contributed by atoms with Gasteiger partial charge in [-0.15, -0.1) is 0 Å². The first kappa shape index (κ1) is 12.6. The van der Waals surface area contributed by atoms with Gasteiger partial charge >= 0.3 is 6.03 Å². The smallest absolute Gasteiger partial charge is 0.261 e. The summed E-state index contributed by atoms with van der Waals surface area (Å²) in [6, 6.07) is 13.2. The van der Waals surface area contributed by atoms with Crippen molar-refractivity contribution in [3.63, 3.8) is 0 Å². The van der Waals surface area contributed by atoms with Crippen LogP contribution in [0.1, 0.15) is 0 Å². The minimum Gasteiger partial charge on any atom is -0.261 e. The summed E-state index contributed by atoms with van der Waals surface area (Å²) in [7, 11) is 0. The molecular weight excluding hydrogens is 246 g/mol. The Labute approximate surface area is 109 Å². The van der Waals surface area contributed by atoms with E-state index in [0.717, 1.165) is 4.90 Å². The molecule has 1 N–H and O–H groups in total. The second kappa shape index (κ2) is 5.18. The molecule has 6 nitrogen and oxygen atoms in total. The molecule has 0 spiro atoms. The van der Waals surface area contributed by atoms with Crippen molar-refractivity contribution in [1.29, 1.82) is 0 Å². The Bertz CT molecular complexity index is 614. The third-order valence-corrected chi connectivity index (χ3v) is 2.52. The molecule has 0 aliphatic rings. The molecule has 1 radical (unpaired) electrons. The molecule has 19 heavy (non-hydrogen) atoms. The number of benzene rings is 2. The summed E-state index contributed by atoms with van der Waals surface area (Å²) in [6.45, 7) is 0. The van der Waals surface area contributed by atoms with E-state index in [2.05, 4.69) is 0 Å². The van der Waals surface area contributed by atoms with Crippen LogP contribution in [0.2, 0.25) is 0 Å². The molecule has 0 heterocycles. The van der Waals surface area contributed by atoms with Crippen LogP contribution in [0.25, 0.3) is 0 Å². The molecule has 0 saturated heterocycles. The summed E-state index contributed by atoms with van der Waals surface area (Å²) in [5, 5.41) is 10.7. The van der Waals surface area contributed by atoms with Gasteiger partial charge in [0.25, 0.3) is 5.69 Å². The minimum absolute atomic E-state index is 0.125. The number of para-hydroxylation sites is 1. The Hall–Kier alpha value is -2.89. The lowest BCUT2D eigenvalue weighted by atomic mass is 10.2. The summed E-state index contributed by atoms with van der Waals surface area (Å²) in [6.07, 6.45) is 0. The largest absolute Gasteiger partial charge is 0.345 e. The number of nitro groups is 1. The third kappa shape index (κ3) is 2.68. The van der Waals surface area contributed by atoms with Crippen LogP contribution in [0.3, 0.4) is 0 Å². The number of hydrogen-bond donors (Lipinski definition) is 0. The van der Waals surface area contributed by atoms with Gasteiger partial charge in [-0.05, 0) is 18.2 Å². The van der Waals surface area contributed by atoms with Crippen LogP contribution in [-0.2, 0) is 0 Å². The van der Waals surface area contributed by atoms with Gasteiger partial charge in [0.05, 0.1) is 16.3 Å². The number of carbonyl (C=O) groups is 1. The number of nitrogens with one attached hydrogen (secondary N) is 1. The van der Waals surface area contributed by atoms with E-state index in [4.69, 9.17) is 5.73 Å². The molecule has 6 heteroatoms. The first-order chi connectivity index (χ1) is 9.09. The van der Waals surface area contributed by atoms with Gasteiger partial charge in [-0.25, -0.2) is 10.5 Å². The van der Waals surface area contributed by atoms with E-state index in [1.807, 2.05) is 0 Å². The third-order valence-electron chi connectivity index (χ3n) is 2.52. The molecule has 0 fully saturated rings. The molecule has 0 saturated carbocycles. The second-order valence-electron chi connectivity index (χ2n) is 3.75. The highest BCUT2D eigenvalue weighted by Gasteiger charge is 2.17. The zero-order valence-corrected chi connectivity index (χ0v) is 9.82. The maximum absolute atomic E-state index is 11.4. The number of nitrogens with zero attached hydrogens (tertiary/aromatic N) is 2. The predicted octanol–water partition coefficient (Wildman–Crippen LogP) is 3.14. The fourth-order valence-corrected chi connectivity index (χ4v) is 1.71. The number of rotatable bonds is 3. The Morgan fingerprint density at radius 2 is 1.68 bits per heavy atom. The van der Waals surface area contributed by atoms with Crippen LogP contribution in [0.4, 0.5) is 21.9 Å². The van der Waals surface area contributed by atoms with Gasteiger partial charge < -0.3 is 0 Å². The summed E-state index contributed by atoms with van der Waals surface area (Å²) in [5.74, 6) is 0. The Morgan fingerprint density at radius 1 is 1.05 bits per heavy atom. The molecule has 0 unspecified atom stereocenters. The van der Waals surface area contributed by atoms with Crippen molar-refractivity contribution >= 4 is 23.1 Å². The molecule has 0 aromatic heterocycles. The Balaban J connectivity index is 2.49. The van der Waals surface area contributed by atoms with Crippen LogP contribution in [0, 0.1) is 10.1 Å². The van der Waals surface area contributed by atoms with Crippen molar-refractivity contribution in [1.82, 2.24) is 5.73 Å². The quantitative estimate of drug-likeness (QED) is 0.624. The van der Waals surface area contributed by atoms with E-state index < -0.39 is 11.0 Å². The number of nitro benzene ring substituents is 1. The van der Waals surface area contributed by atoms with Gasteiger partial charge in [-0.1, -0.05) is 24.3 Å². The molecule has 2 rings (SSSR count). The van der Waals surface area contributed by atoms with E-state index in [1.54, 1.807) is 36.4 Å². The van der Waals surface area contributed by atoms with Gasteiger partial charge in [0, 0.05) is 12.1 Å². The first-order valence-electron chi connectivity index (χ1n) is 5.45. The van der Waals surface area contributed by atoms with Crippen molar-refractivity contribution < 1.29 is 9.72 Å². The first-order valence-corrected chi connectivity index (χ1v) is 5.45. The molecule has 0 bridgehead atoms. The topological polar surface area (TPSA) is 87.2 Å². The van der Waals surface area contributed by atoms with Gasteiger partial charge in [0.1, 0.15) is 0 Å². The van der Waals surface area contributed by atoms with Crippen LogP contribution >= 0.6 is 0 Å². The molecule has 0 atom stereocenters. The number of urea groups is 1. The normalized spacial score (nSPS) is 9.89. The average Bonchev–Trinajstić information content (AvgIpc) is 2.40. The lowest BCUT2D eigenvalue weighted by Crippen LogP contribution is -2.24. The summed E-state index contributed by atoms with van der Waals surface area (Å²) in [4.78, 5) is 22.7. The van der Waals surface area contributed by atoms with Crippen molar-refractivity contribution in [2.75, 3.05) is 4.90 Å². The SMILES string of the molecule is [NH]C(=O)N(c1ccccc1)c1cccc([N+](=O)[O-])c1. The van der Waals surface area contributed by atoms with Crippen molar-refractivity contribution in [2.45, 2.75) is 0 Å². The highest BCUT2D eigenvalue weighted by atomic mass is 16.6. The van der Waals surface area contributed by atoms with E-state index in [-0.39, 0.29) is 5.69 Å². The number of hydrogen-bond acceptors (Lipinski definition) is 3. The lowest BCUT2D eigenvalue weighted by molar-refractivity contribution is -0.384. The Morgan fingerprint density at radius 3 is 2.26 bits per heavy atom. The van der Waals surface area contributed by atoms with Crippen LogP contribution < -0.4 is 10.6 Å². The molecule has 95 valence electrons. The maximum atomic E-state index is 11.4. The van der Waals surface area contributed by atoms with Crippen molar-refractivity contribution in [3.05, 3.63) is 64.7 Å². The summed E-state index contributed by atoms with van der Waals surface area (Å²) < 4.78 is 0. The lowest BCUT2D eigenvalue weighted by Gasteiger charge is -2.19. The minimum atomic E-state index is -0.952. The van der Waals surface area contributed by atoms with Gasteiger partial charge in [0.2, 0.25) is 0 Å². The van der Waals surface area contributed by atoms with Gasteiger partial charge in [-0.2, -0.15) is 0 Å². The molecule has 2 amide bonds. The van der Waals surface area contributed by atoms with E-state index >= 15 is 0 Å². The molecule has 0 aliphatic heterocycles. The van der Waals surface area contributed by atoms with Crippen LogP contribution in [-0.4, -0.2) is 11.0 Å². The van der Waals surface area contributed by atoms with E-state index in [9.17, 15) is 14.9 Å². The van der Waals surface area contributed by atoms with Gasteiger partial charge in [-0.3, -0.25) is 15.0 Å². The van der Waals surface area contributed by atoms with Crippen molar-refractivity contribution in [3.8, 4) is 0 Å². The van der Waals surface area contributed by atoms with E-state index in [1.165, 1.54) is 18.2 Å². The standard InChI is InChI=1S/C13H10N3O3/c14-13(17)15(10-5-2-1-3-6-10)11-7-4-8-12(9-11)16(18)19/h1-9,14H.